The third-order valence-electron chi connectivity index (χ3n) is 2.94. The molecule has 0 spiro atoms. The highest BCUT2D eigenvalue weighted by Gasteiger charge is 2.25. The minimum absolute atomic E-state index is 0.253. The van der Waals surface area contributed by atoms with Gasteiger partial charge < -0.3 is 15.4 Å². The second kappa shape index (κ2) is 6.38. The quantitative estimate of drug-likeness (QED) is 0.652. The predicted molar refractivity (Wildman–Crippen MR) is 59.3 cm³/mol. The Morgan fingerprint density at radius 3 is 2.71 bits per heavy atom. The van der Waals surface area contributed by atoms with Crippen molar-refractivity contribution in [2.75, 3.05) is 33.4 Å². The van der Waals surface area contributed by atoms with Crippen LogP contribution in [0.15, 0.2) is 0 Å². The van der Waals surface area contributed by atoms with Crippen molar-refractivity contribution in [3.63, 3.8) is 0 Å². The SMILES string of the molecule is CCCCCN(C)CC1COCC1N. The van der Waals surface area contributed by atoms with E-state index in [4.69, 9.17) is 10.5 Å². The summed E-state index contributed by atoms with van der Waals surface area (Å²) < 4.78 is 5.34. The lowest BCUT2D eigenvalue weighted by molar-refractivity contribution is 0.173. The van der Waals surface area contributed by atoms with Crippen molar-refractivity contribution < 1.29 is 4.74 Å². The van der Waals surface area contributed by atoms with E-state index < -0.39 is 0 Å². The number of nitrogens with zero attached hydrogens (tertiary/aromatic N) is 1. The topological polar surface area (TPSA) is 38.5 Å². The van der Waals surface area contributed by atoms with Crippen molar-refractivity contribution >= 4 is 0 Å². The molecule has 1 saturated heterocycles. The standard InChI is InChI=1S/C11H24N2O/c1-3-4-5-6-13(2)7-10-8-14-9-11(10)12/h10-11H,3-9,12H2,1-2H3. The second-order valence-corrected chi connectivity index (χ2v) is 4.43. The summed E-state index contributed by atoms with van der Waals surface area (Å²) in [5, 5.41) is 0. The van der Waals surface area contributed by atoms with Gasteiger partial charge in [0.2, 0.25) is 0 Å². The van der Waals surface area contributed by atoms with Crippen LogP contribution in [-0.4, -0.2) is 44.3 Å². The molecule has 0 radical (unpaired) electrons. The van der Waals surface area contributed by atoms with Crippen molar-refractivity contribution in [2.45, 2.75) is 32.2 Å². The summed E-state index contributed by atoms with van der Waals surface area (Å²) >= 11 is 0. The molecule has 0 saturated carbocycles. The van der Waals surface area contributed by atoms with Crippen LogP contribution in [0.1, 0.15) is 26.2 Å². The number of rotatable bonds is 6. The number of hydrogen-bond donors (Lipinski definition) is 1. The van der Waals surface area contributed by atoms with Gasteiger partial charge in [0.25, 0.3) is 0 Å². The zero-order valence-corrected chi connectivity index (χ0v) is 9.54. The summed E-state index contributed by atoms with van der Waals surface area (Å²) in [6, 6.07) is 0.253. The monoisotopic (exact) mass is 200 g/mol. The molecule has 0 amide bonds. The minimum atomic E-state index is 0.253. The van der Waals surface area contributed by atoms with E-state index in [0.29, 0.717) is 5.92 Å². The van der Waals surface area contributed by atoms with Crippen LogP contribution in [0.4, 0.5) is 0 Å². The van der Waals surface area contributed by atoms with E-state index in [9.17, 15) is 0 Å². The molecule has 2 atom stereocenters. The average Bonchev–Trinajstić information content (AvgIpc) is 2.52. The average molecular weight is 200 g/mol. The third-order valence-corrected chi connectivity index (χ3v) is 2.94. The van der Waals surface area contributed by atoms with E-state index in [0.717, 1.165) is 19.8 Å². The Morgan fingerprint density at radius 1 is 1.36 bits per heavy atom. The molecule has 2 N–H and O–H groups in total. The Bertz CT molecular complexity index is 152. The maximum atomic E-state index is 5.93. The van der Waals surface area contributed by atoms with Gasteiger partial charge in [0, 0.05) is 18.5 Å². The Kier molecular flexibility index (Phi) is 5.45. The zero-order chi connectivity index (χ0) is 10.4. The van der Waals surface area contributed by atoms with Gasteiger partial charge >= 0.3 is 0 Å². The summed E-state index contributed by atoms with van der Waals surface area (Å²) in [6.07, 6.45) is 3.92. The molecule has 1 fully saturated rings. The molecule has 0 aromatic heterocycles. The molecule has 1 rings (SSSR count). The van der Waals surface area contributed by atoms with E-state index in [-0.39, 0.29) is 6.04 Å². The Morgan fingerprint density at radius 2 is 2.14 bits per heavy atom. The predicted octanol–water partition coefficient (Wildman–Crippen LogP) is 1.08. The van der Waals surface area contributed by atoms with Crippen molar-refractivity contribution in [1.29, 1.82) is 0 Å². The molecule has 2 unspecified atom stereocenters. The van der Waals surface area contributed by atoms with Gasteiger partial charge in [-0.1, -0.05) is 19.8 Å². The highest BCUT2D eigenvalue weighted by molar-refractivity contribution is 4.79. The lowest BCUT2D eigenvalue weighted by Crippen LogP contribution is -2.37. The summed E-state index contributed by atoms with van der Waals surface area (Å²) in [5.74, 6) is 0.543. The molecule has 3 nitrogen and oxygen atoms in total. The normalized spacial score (nSPS) is 27.4. The Balaban J connectivity index is 2.09. The van der Waals surface area contributed by atoms with Crippen molar-refractivity contribution in [1.82, 2.24) is 4.90 Å². The van der Waals surface area contributed by atoms with Gasteiger partial charge in [0.15, 0.2) is 0 Å². The van der Waals surface area contributed by atoms with Crippen molar-refractivity contribution in [2.24, 2.45) is 11.7 Å². The zero-order valence-electron chi connectivity index (χ0n) is 9.54. The molecular weight excluding hydrogens is 176 g/mol. The van der Waals surface area contributed by atoms with Crippen LogP contribution in [-0.2, 0) is 4.74 Å². The molecule has 0 aromatic carbocycles. The fourth-order valence-electron chi connectivity index (χ4n) is 1.93. The summed E-state index contributed by atoms with van der Waals surface area (Å²) in [7, 11) is 2.18. The summed E-state index contributed by atoms with van der Waals surface area (Å²) in [4.78, 5) is 2.38. The van der Waals surface area contributed by atoms with Gasteiger partial charge in [-0.05, 0) is 20.0 Å². The molecule has 1 heterocycles. The van der Waals surface area contributed by atoms with Gasteiger partial charge in [0.05, 0.1) is 13.2 Å². The molecular formula is C11H24N2O. The second-order valence-electron chi connectivity index (χ2n) is 4.43. The minimum Gasteiger partial charge on any atom is -0.379 e. The largest absolute Gasteiger partial charge is 0.379 e. The van der Waals surface area contributed by atoms with E-state index >= 15 is 0 Å². The number of nitrogens with two attached hydrogens (primary N) is 1. The molecule has 1 aliphatic heterocycles. The molecule has 0 aromatic rings. The first-order valence-electron chi connectivity index (χ1n) is 5.76. The maximum absolute atomic E-state index is 5.93. The van der Waals surface area contributed by atoms with Gasteiger partial charge in [-0.2, -0.15) is 0 Å². The molecule has 3 heteroatoms. The Hall–Kier alpha value is -0.120. The van der Waals surface area contributed by atoms with Gasteiger partial charge in [0.1, 0.15) is 0 Å². The summed E-state index contributed by atoms with van der Waals surface area (Å²) in [6.45, 7) is 6.11. The van der Waals surface area contributed by atoms with Crippen LogP contribution in [0.5, 0.6) is 0 Å². The van der Waals surface area contributed by atoms with Crippen LogP contribution in [0.2, 0.25) is 0 Å². The van der Waals surface area contributed by atoms with Gasteiger partial charge in [-0.25, -0.2) is 0 Å². The number of unbranched alkanes of at least 4 members (excludes halogenated alkanes) is 2. The van der Waals surface area contributed by atoms with E-state index in [1.807, 2.05) is 0 Å². The third kappa shape index (κ3) is 3.95. The molecule has 84 valence electrons. The fourth-order valence-corrected chi connectivity index (χ4v) is 1.93. The molecule has 0 aliphatic carbocycles. The van der Waals surface area contributed by atoms with E-state index in [1.165, 1.54) is 25.8 Å². The van der Waals surface area contributed by atoms with Crippen LogP contribution < -0.4 is 5.73 Å². The highest BCUT2D eigenvalue weighted by Crippen LogP contribution is 2.12. The van der Waals surface area contributed by atoms with Crippen LogP contribution in [0, 0.1) is 5.92 Å². The highest BCUT2D eigenvalue weighted by atomic mass is 16.5. The molecule has 1 aliphatic rings. The van der Waals surface area contributed by atoms with Crippen molar-refractivity contribution in [3.8, 4) is 0 Å². The van der Waals surface area contributed by atoms with Gasteiger partial charge in [-0.15, -0.1) is 0 Å². The van der Waals surface area contributed by atoms with Crippen molar-refractivity contribution in [3.05, 3.63) is 0 Å². The van der Waals surface area contributed by atoms with Crippen LogP contribution >= 0.6 is 0 Å². The van der Waals surface area contributed by atoms with Gasteiger partial charge in [-0.3, -0.25) is 0 Å². The maximum Gasteiger partial charge on any atom is 0.0621 e. The van der Waals surface area contributed by atoms with E-state index in [1.54, 1.807) is 0 Å². The lowest BCUT2D eigenvalue weighted by atomic mass is 10.0. The fraction of sp³-hybridized carbons (Fsp3) is 1.00. The van der Waals surface area contributed by atoms with E-state index in [2.05, 4.69) is 18.9 Å². The lowest BCUT2D eigenvalue weighted by Gasteiger charge is -2.22. The number of hydrogen-bond acceptors (Lipinski definition) is 3. The molecule has 0 bridgehead atoms. The smallest absolute Gasteiger partial charge is 0.0621 e. The first-order chi connectivity index (χ1) is 6.74. The van der Waals surface area contributed by atoms with Crippen LogP contribution in [0.25, 0.3) is 0 Å². The van der Waals surface area contributed by atoms with Crippen LogP contribution in [0.3, 0.4) is 0 Å². The first-order valence-corrected chi connectivity index (χ1v) is 5.76. The summed E-state index contributed by atoms with van der Waals surface area (Å²) in [5.41, 5.74) is 5.93. The Labute approximate surface area is 87.6 Å². The number of ether oxygens (including phenoxy) is 1. The first kappa shape index (κ1) is 12.0. The molecule has 14 heavy (non-hydrogen) atoms.